The molecule has 1 aromatic carbocycles. The molecule has 1 unspecified atom stereocenters. The Labute approximate surface area is 348 Å². The minimum absolute atomic E-state index is 0.0508. The topological polar surface area (TPSA) is 231 Å². The number of nitrogens with zero attached hydrogens (tertiary/aromatic N) is 1. The Bertz CT molecular complexity index is 1680. The summed E-state index contributed by atoms with van der Waals surface area (Å²) in [5, 5.41) is 59.4. The van der Waals surface area contributed by atoms with E-state index in [0.29, 0.717) is 29.8 Å². The molecule has 0 aliphatic carbocycles. The Morgan fingerprint density at radius 3 is 2.34 bits per heavy atom. The zero-order valence-corrected chi connectivity index (χ0v) is 36.6. The predicted octanol–water partition coefficient (Wildman–Crippen LogP) is 2.87. The highest BCUT2D eigenvalue weighted by Gasteiger charge is 2.48. The van der Waals surface area contributed by atoms with Crippen LogP contribution in [-0.4, -0.2) is 136 Å². The lowest BCUT2D eigenvalue weighted by Gasteiger charge is -2.42. The minimum atomic E-state index is -1.84. The van der Waals surface area contributed by atoms with Crippen molar-refractivity contribution in [1.82, 2.24) is 10.2 Å². The number of ether oxygens (including phenoxy) is 5. The van der Waals surface area contributed by atoms with Crippen molar-refractivity contribution in [2.24, 2.45) is 17.8 Å². The molecule has 3 rings (SSSR count). The highest BCUT2D eigenvalue weighted by atomic mass is 16.6. The lowest BCUT2D eigenvalue weighted by atomic mass is 9.78. The lowest BCUT2D eigenvalue weighted by molar-refractivity contribution is -0.196. The van der Waals surface area contributed by atoms with Crippen LogP contribution >= 0.6 is 0 Å². The van der Waals surface area contributed by atoms with E-state index in [1.165, 1.54) is 27.9 Å². The maximum absolute atomic E-state index is 13.6. The summed E-state index contributed by atoms with van der Waals surface area (Å²) >= 11 is 0. The van der Waals surface area contributed by atoms with E-state index in [1.807, 2.05) is 24.8 Å². The molecule has 1 fully saturated rings. The fourth-order valence-electron chi connectivity index (χ4n) is 8.28. The number of phenols is 1. The van der Waals surface area contributed by atoms with Crippen LogP contribution in [-0.2, 0) is 46.4 Å². The highest BCUT2D eigenvalue weighted by molar-refractivity contribution is 5.98. The molecule has 0 spiro atoms. The number of aliphatic hydroxyl groups is 4. The van der Waals surface area contributed by atoms with Gasteiger partial charge in [0.2, 0.25) is 0 Å². The first-order valence-electron chi connectivity index (χ1n) is 20.5. The number of cyclic esters (lactones) is 2. The second-order valence-corrected chi connectivity index (χ2v) is 17.0. The number of hydrogen-bond acceptors (Lipinski definition) is 16. The van der Waals surface area contributed by atoms with Gasteiger partial charge in [-0.05, 0) is 85.8 Å². The molecular weight excluding hydrogens is 768 g/mol. The number of esters is 4. The van der Waals surface area contributed by atoms with Crippen molar-refractivity contribution < 1.29 is 68.4 Å². The van der Waals surface area contributed by atoms with Crippen molar-refractivity contribution in [3.8, 4) is 11.5 Å². The summed E-state index contributed by atoms with van der Waals surface area (Å²) < 4.78 is 27.5. The van der Waals surface area contributed by atoms with Gasteiger partial charge in [0.05, 0.1) is 31.3 Å². The number of fused-ring (bicyclic) bond motifs is 1. The van der Waals surface area contributed by atoms with Gasteiger partial charge >= 0.3 is 23.9 Å². The van der Waals surface area contributed by atoms with Crippen molar-refractivity contribution in [3.63, 3.8) is 0 Å². The summed E-state index contributed by atoms with van der Waals surface area (Å²) in [6.45, 7) is 15.1. The van der Waals surface area contributed by atoms with E-state index in [-0.39, 0.29) is 69.2 Å². The third-order valence-corrected chi connectivity index (χ3v) is 12.0. The monoisotopic (exact) mass is 836 g/mol. The largest absolute Gasteiger partial charge is 0.507 e. The van der Waals surface area contributed by atoms with Crippen LogP contribution in [0.25, 0.3) is 0 Å². The SMILES string of the molecule is CC[C@H]1OC(=O)[C@H](C)[C@@H](OC(=O)CNCCOC(=O)CC/C(C)=C/Cc2c(O)c3c(c(C)c2OC)COC3=O)[C@H](C)[C@@H](O)[C@](C)(O)C[C@@H](C)CN(C)[C@H](C)[C@@H](O)C1(C)O. The molecule has 0 saturated carbocycles. The minimum Gasteiger partial charge on any atom is -0.507 e. The Morgan fingerprint density at radius 2 is 1.71 bits per heavy atom. The average Bonchev–Trinajstić information content (AvgIpc) is 3.57. The highest BCUT2D eigenvalue weighted by Crippen LogP contribution is 2.42. The van der Waals surface area contributed by atoms with Gasteiger partial charge in [-0.2, -0.15) is 0 Å². The number of carbonyl (C=O) groups is 4. The fourth-order valence-corrected chi connectivity index (χ4v) is 8.28. The molecule has 0 aromatic heterocycles. The number of methoxy groups -OCH3 is 1. The zero-order chi connectivity index (χ0) is 44.6. The Morgan fingerprint density at radius 1 is 1.05 bits per heavy atom. The number of allylic oxidation sites excluding steroid dienone is 2. The Hall–Kier alpha value is -3.80. The molecule has 0 amide bonds. The average molecular weight is 837 g/mol. The number of aliphatic hydroxyl groups excluding tert-OH is 2. The number of benzene rings is 1. The van der Waals surface area contributed by atoms with Crippen molar-refractivity contribution in [1.29, 1.82) is 0 Å². The van der Waals surface area contributed by atoms with Crippen LogP contribution in [0.5, 0.6) is 11.5 Å². The molecule has 16 nitrogen and oxygen atoms in total. The molecule has 0 radical (unpaired) electrons. The number of carbonyl (C=O) groups excluding carboxylic acids is 4. The maximum Gasteiger partial charge on any atom is 0.342 e. The third-order valence-electron chi connectivity index (χ3n) is 12.0. The summed E-state index contributed by atoms with van der Waals surface area (Å²) in [4.78, 5) is 53.3. The molecule has 334 valence electrons. The van der Waals surface area contributed by atoms with Gasteiger partial charge in [-0.25, -0.2) is 4.79 Å². The van der Waals surface area contributed by atoms with E-state index in [2.05, 4.69) is 5.32 Å². The van der Waals surface area contributed by atoms with Crippen LogP contribution in [0.2, 0.25) is 0 Å². The molecule has 59 heavy (non-hydrogen) atoms. The molecule has 16 heteroatoms. The van der Waals surface area contributed by atoms with Crippen LogP contribution in [0.1, 0.15) is 108 Å². The Kier molecular flexibility index (Phi) is 17.8. The molecule has 1 saturated heterocycles. The number of likely N-dealkylation sites (N-methyl/N-ethyl adjacent to an activating group) is 1. The predicted molar refractivity (Wildman–Crippen MR) is 217 cm³/mol. The van der Waals surface area contributed by atoms with Crippen LogP contribution in [0.4, 0.5) is 0 Å². The summed E-state index contributed by atoms with van der Waals surface area (Å²) in [7, 11) is 3.27. The first-order chi connectivity index (χ1) is 27.5. The van der Waals surface area contributed by atoms with E-state index in [1.54, 1.807) is 34.7 Å². The van der Waals surface area contributed by atoms with Crippen molar-refractivity contribution >= 4 is 23.9 Å². The summed E-state index contributed by atoms with van der Waals surface area (Å²) in [6, 6.07) is -0.558. The van der Waals surface area contributed by atoms with E-state index < -0.39 is 77.4 Å². The van der Waals surface area contributed by atoms with Gasteiger partial charge in [-0.15, -0.1) is 0 Å². The van der Waals surface area contributed by atoms with Crippen LogP contribution < -0.4 is 10.1 Å². The number of aromatic hydroxyl groups is 1. The van der Waals surface area contributed by atoms with E-state index >= 15 is 0 Å². The van der Waals surface area contributed by atoms with Crippen LogP contribution in [0.3, 0.4) is 0 Å². The zero-order valence-electron chi connectivity index (χ0n) is 36.6. The number of nitrogens with one attached hydrogen (secondary N) is 1. The molecule has 2 aliphatic rings. The fraction of sp³-hybridized carbons (Fsp3) is 0.721. The van der Waals surface area contributed by atoms with E-state index in [9.17, 15) is 44.7 Å². The summed E-state index contributed by atoms with van der Waals surface area (Å²) in [5.74, 6) is -4.61. The molecule has 2 heterocycles. The second kappa shape index (κ2) is 21.1. The summed E-state index contributed by atoms with van der Waals surface area (Å²) in [5.41, 5.74) is -0.724. The first-order valence-corrected chi connectivity index (χ1v) is 20.5. The van der Waals surface area contributed by atoms with Gasteiger partial charge in [-0.1, -0.05) is 32.4 Å². The summed E-state index contributed by atoms with van der Waals surface area (Å²) in [6.07, 6.45) is -2.24. The molecular formula is C43H68N2O14. The smallest absolute Gasteiger partial charge is 0.342 e. The van der Waals surface area contributed by atoms with Gasteiger partial charge in [0.25, 0.3) is 0 Å². The molecule has 10 atom stereocenters. The third kappa shape index (κ3) is 12.2. The standard InChI is InChI=1S/C43H68N2O14/c1-12-31-43(9,54)39(50)28(7)45(10)21-24(3)19-42(8,53)38(49)26(5)36(27(6)40(51)58-31)59-33(47)20-44-17-18-56-32(46)16-14-23(2)13-15-29-35(48)34-30(22-57-41(34)52)25(4)37(29)55-11/h13,24,26-28,31,36,38-39,44,48-50,53-54H,12,14-22H2,1-11H3/b23-13+/t24-,26+,27-,28-,31-,36+,38-,39-,42-,43?/m1/s1. The van der Waals surface area contributed by atoms with Gasteiger partial charge in [0, 0.05) is 42.6 Å². The number of rotatable bonds is 13. The molecule has 6 N–H and O–H groups in total. The van der Waals surface area contributed by atoms with Crippen molar-refractivity contribution in [2.45, 2.75) is 143 Å². The Balaban J connectivity index is 1.59. The number of phenolic OH excluding ortho intramolecular Hbond substituents is 1. The lowest BCUT2D eigenvalue weighted by Crippen LogP contribution is -2.59. The maximum atomic E-state index is 13.6. The van der Waals surface area contributed by atoms with Gasteiger partial charge < -0.3 is 59.4 Å². The van der Waals surface area contributed by atoms with E-state index in [0.717, 1.165) is 11.1 Å². The molecule has 1 aromatic rings. The number of hydrogen-bond donors (Lipinski definition) is 6. The van der Waals surface area contributed by atoms with Crippen LogP contribution in [0, 0.1) is 24.7 Å². The van der Waals surface area contributed by atoms with Gasteiger partial charge in [0.15, 0.2) is 0 Å². The molecule has 0 bridgehead atoms. The normalized spacial score (nSPS) is 31.3. The van der Waals surface area contributed by atoms with Gasteiger partial charge in [-0.3, -0.25) is 14.4 Å². The molecule has 2 aliphatic heterocycles. The van der Waals surface area contributed by atoms with Crippen molar-refractivity contribution in [2.75, 3.05) is 40.4 Å². The van der Waals surface area contributed by atoms with Crippen molar-refractivity contribution in [3.05, 3.63) is 33.9 Å². The van der Waals surface area contributed by atoms with E-state index in [4.69, 9.17) is 23.7 Å². The quantitative estimate of drug-likeness (QED) is 0.0726. The first kappa shape index (κ1) is 49.6. The van der Waals surface area contributed by atoms with Crippen LogP contribution in [0.15, 0.2) is 11.6 Å². The second-order valence-electron chi connectivity index (χ2n) is 17.0. The van der Waals surface area contributed by atoms with Gasteiger partial charge in [0.1, 0.15) is 54.2 Å².